The Hall–Kier alpha value is 0.460. The SMILES string of the molecule is CCn1nc(C)c(Cl)c1CC(C)(CBr)CBr. The summed E-state index contributed by atoms with van der Waals surface area (Å²) in [5.74, 6) is 0. The van der Waals surface area contributed by atoms with Crippen molar-refractivity contribution in [2.75, 3.05) is 10.7 Å². The molecule has 0 unspecified atom stereocenters. The van der Waals surface area contributed by atoms with Crippen molar-refractivity contribution in [2.45, 2.75) is 33.7 Å². The van der Waals surface area contributed by atoms with Gasteiger partial charge in [0.15, 0.2) is 0 Å². The zero-order valence-corrected chi connectivity index (χ0v) is 13.8. The molecule has 5 heteroatoms. The van der Waals surface area contributed by atoms with Gasteiger partial charge in [-0.2, -0.15) is 5.10 Å². The summed E-state index contributed by atoms with van der Waals surface area (Å²) in [5.41, 5.74) is 2.23. The quantitative estimate of drug-likeness (QED) is 0.708. The molecule has 92 valence electrons. The highest BCUT2D eigenvalue weighted by Gasteiger charge is 2.26. The van der Waals surface area contributed by atoms with Crippen LogP contribution >= 0.6 is 43.5 Å². The summed E-state index contributed by atoms with van der Waals surface area (Å²) in [5, 5.41) is 7.13. The molecule has 0 saturated heterocycles. The van der Waals surface area contributed by atoms with E-state index in [1.54, 1.807) is 0 Å². The molecule has 0 atom stereocenters. The minimum absolute atomic E-state index is 0.170. The maximum absolute atomic E-state index is 6.30. The van der Waals surface area contributed by atoms with Crippen LogP contribution in [0.25, 0.3) is 0 Å². The van der Waals surface area contributed by atoms with Gasteiger partial charge in [-0.3, -0.25) is 4.68 Å². The molecule has 0 aromatic carbocycles. The molecule has 1 rings (SSSR count). The molecule has 0 fully saturated rings. The first kappa shape index (κ1) is 14.5. The molecule has 0 amide bonds. The molecule has 1 heterocycles. The van der Waals surface area contributed by atoms with Crippen LogP contribution in [0, 0.1) is 12.3 Å². The maximum Gasteiger partial charge on any atom is 0.0847 e. The van der Waals surface area contributed by atoms with E-state index in [0.717, 1.165) is 40.0 Å². The van der Waals surface area contributed by atoms with Crippen molar-refractivity contribution in [1.82, 2.24) is 9.78 Å². The van der Waals surface area contributed by atoms with Crippen LogP contribution in [-0.2, 0) is 13.0 Å². The summed E-state index contributed by atoms with van der Waals surface area (Å²) in [4.78, 5) is 0. The summed E-state index contributed by atoms with van der Waals surface area (Å²) < 4.78 is 2.00. The molecule has 1 aromatic rings. The Labute approximate surface area is 119 Å². The zero-order chi connectivity index (χ0) is 12.3. The zero-order valence-electron chi connectivity index (χ0n) is 9.86. The van der Waals surface area contributed by atoms with E-state index in [4.69, 9.17) is 11.6 Å². The first-order valence-electron chi connectivity index (χ1n) is 5.31. The van der Waals surface area contributed by atoms with Crippen molar-refractivity contribution in [3.05, 3.63) is 16.4 Å². The van der Waals surface area contributed by atoms with Crippen LogP contribution in [0.5, 0.6) is 0 Å². The first-order valence-corrected chi connectivity index (χ1v) is 7.93. The van der Waals surface area contributed by atoms with Crippen LogP contribution < -0.4 is 0 Å². The largest absolute Gasteiger partial charge is 0.268 e. The number of aryl methyl sites for hydroxylation is 2. The van der Waals surface area contributed by atoms with Crippen LogP contribution in [0.3, 0.4) is 0 Å². The van der Waals surface area contributed by atoms with E-state index in [2.05, 4.69) is 50.8 Å². The lowest BCUT2D eigenvalue weighted by atomic mass is 9.90. The van der Waals surface area contributed by atoms with Gasteiger partial charge < -0.3 is 0 Å². The minimum atomic E-state index is 0.170. The van der Waals surface area contributed by atoms with Crippen molar-refractivity contribution in [1.29, 1.82) is 0 Å². The lowest BCUT2D eigenvalue weighted by Crippen LogP contribution is -2.25. The standard InChI is InChI=1S/C11H17Br2ClN2/c1-4-16-9(10(14)8(2)15-16)5-11(3,6-12)7-13/h4-7H2,1-3H3. The molecule has 0 bridgehead atoms. The average Bonchev–Trinajstić information content (AvgIpc) is 2.56. The van der Waals surface area contributed by atoms with E-state index in [9.17, 15) is 0 Å². The van der Waals surface area contributed by atoms with Crippen molar-refractivity contribution in [3.8, 4) is 0 Å². The third kappa shape index (κ3) is 3.02. The molecule has 0 aliphatic rings. The Balaban J connectivity index is 3.04. The molecule has 0 spiro atoms. The molecule has 1 aromatic heterocycles. The Bertz CT molecular complexity index is 359. The predicted octanol–water partition coefficient (Wildman–Crippen LogP) is 4.20. The van der Waals surface area contributed by atoms with E-state index < -0.39 is 0 Å². The highest BCUT2D eigenvalue weighted by Crippen LogP contribution is 2.31. The van der Waals surface area contributed by atoms with E-state index >= 15 is 0 Å². The number of hydrogen-bond acceptors (Lipinski definition) is 1. The number of rotatable bonds is 5. The molecule has 0 aliphatic heterocycles. The normalized spacial score (nSPS) is 12.1. The monoisotopic (exact) mass is 370 g/mol. The topological polar surface area (TPSA) is 17.8 Å². The van der Waals surface area contributed by atoms with Crippen molar-refractivity contribution in [3.63, 3.8) is 0 Å². The summed E-state index contributed by atoms with van der Waals surface area (Å²) in [6.07, 6.45) is 0.928. The van der Waals surface area contributed by atoms with Crippen molar-refractivity contribution in [2.24, 2.45) is 5.41 Å². The number of halogens is 3. The van der Waals surface area contributed by atoms with Gasteiger partial charge >= 0.3 is 0 Å². The van der Waals surface area contributed by atoms with Gasteiger partial charge in [0, 0.05) is 17.2 Å². The fourth-order valence-corrected chi connectivity index (χ4v) is 3.10. The van der Waals surface area contributed by atoms with Gasteiger partial charge in [0.25, 0.3) is 0 Å². The highest BCUT2D eigenvalue weighted by atomic mass is 79.9. The van der Waals surface area contributed by atoms with Crippen molar-refractivity contribution >= 4 is 43.5 Å². The number of nitrogens with zero attached hydrogens (tertiary/aromatic N) is 2. The van der Waals surface area contributed by atoms with E-state index in [-0.39, 0.29) is 5.41 Å². The van der Waals surface area contributed by atoms with Gasteiger partial charge in [0.1, 0.15) is 0 Å². The molecule has 0 radical (unpaired) electrons. The highest BCUT2D eigenvalue weighted by molar-refractivity contribution is 9.09. The van der Waals surface area contributed by atoms with Crippen LogP contribution in [-0.4, -0.2) is 20.4 Å². The molecular weight excluding hydrogens is 355 g/mol. The molecule has 0 aliphatic carbocycles. The second-order valence-electron chi connectivity index (χ2n) is 4.42. The third-order valence-electron chi connectivity index (χ3n) is 2.69. The van der Waals surface area contributed by atoms with E-state index in [0.29, 0.717) is 0 Å². The van der Waals surface area contributed by atoms with Gasteiger partial charge in [-0.1, -0.05) is 50.4 Å². The lowest BCUT2D eigenvalue weighted by Gasteiger charge is -2.25. The predicted molar refractivity (Wildman–Crippen MR) is 77.0 cm³/mol. The summed E-state index contributed by atoms with van der Waals surface area (Å²) in [7, 11) is 0. The Kier molecular flexibility index (Phi) is 5.33. The van der Waals surface area contributed by atoms with Crippen LogP contribution in [0.2, 0.25) is 5.02 Å². The van der Waals surface area contributed by atoms with Gasteiger partial charge in [0.05, 0.1) is 16.4 Å². The summed E-state index contributed by atoms with van der Waals surface area (Å²) in [6.45, 7) is 7.14. The first-order chi connectivity index (χ1) is 7.47. The second kappa shape index (κ2) is 5.87. The van der Waals surface area contributed by atoms with E-state index in [1.165, 1.54) is 0 Å². The minimum Gasteiger partial charge on any atom is -0.268 e. The van der Waals surface area contributed by atoms with Gasteiger partial charge in [0.2, 0.25) is 0 Å². The molecule has 0 saturated carbocycles. The number of aromatic nitrogens is 2. The van der Waals surface area contributed by atoms with Crippen LogP contribution in [0.1, 0.15) is 25.2 Å². The Morgan fingerprint density at radius 3 is 2.38 bits per heavy atom. The third-order valence-corrected chi connectivity index (χ3v) is 5.89. The van der Waals surface area contributed by atoms with Gasteiger partial charge in [-0.05, 0) is 25.7 Å². The summed E-state index contributed by atoms with van der Waals surface area (Å²) >= 11 is 13.4. The Morgan fingerprint density at radius 1 is 1.38 bits per heavy atom. The maximum atomic E-state index is 6.30. The van der Waals surface area contributed by atoms with Crippen LogP contribution in [0.15, 0.2) is 0 Å². The molecule has 2 nitrogen and oxygen atoms in total. The lowest BCUT2D eigenvalue weighted by molar-refractivity contribution is 0.418. The van der Waals surface area contributed by atoms with Gasteiger partial charge in [-0.15, -0.1) is 0 Å². The second-order valence-corrected chi connectivity index (χ2v) is 5.92. The fourth-order valence-electron chi connectivity index (χ4n) is 1.57. The number of alkyl halides is 2. The van der Waals surface area contributed by atoms with Crippen molar-refractivity contribution < 1.29 is 0 Å². The van der Waals surface area contributed by atoms with Gasteiger partial charge in [-0.25, -0.2) is 0 Å². The smallest absolute Gasteiger partial charge is 0.0847 e. The average molecular weight is 373 g/mol. The van der Waals surface area contributed by atoms with E-state index in [1.807, 2.05) is 11.6 Å². The van der Waals surface area contributed by atoms with Crippen LogP contribution in [0.4, 0.5) is 0 Å². The number of hydrogen-bond donors (Lipinski definition) is 0. The molecule has 16 heavy (non-hydrogen) atoms. The molecule has 0 N–H and O–H groups in total. The molecular formula is C11H17Br2ClN2. The Morgan fingerprint density at radius 2 is 1.94 bits per heavy atom. The summed E-state index contributed by atoms with van der Waals surface area (Å²) in [6, 6.07) is 0. The fraction of sp³-hybridized carbons (Fsp3) is 0.727.